The van der Waals surface area contributed by atoms with Gasteiger partial charge in [-0.15, -0.1) is 0 Å². The summed E-state index contributed by atoms with van der Waals surface area (Å²) in [6.07, 6.45) is 2.88. The van der Waals surface area contributed by atoms with Crippen molar-refractivity contribution in [1.82, 2.24) is 23.3 Å². The van der Waals surface area contributed by atoms with Crippen LogP contribution in [0.15, 0.2) is 45.1 Å². The predicted octanol–water partition coefficient (Wildman–Crippen LogP) is -1.01. The highest BCUT2D eigenvalue weighted by Gasteiger charge is 2.28. The summed E-state index contributed by atoms with van der Waals surface area (Å²) in [4.78, 5) is 29.9. The zero-order valence-electron chi connectivity index (χ0n) is 14.7. The number of sulfonamides is 1. The molecular formula is C16H21N5O4S. The van der Waals surface area contributed by atoms with Crippen molar-refractivity contribution < 1.29 is 8.42 Å². The first kappa shape index (κ1) is 18.5. The van der Waals surface area contributed by atoms with Gasteiger partial charge in [0.25, 0.3) is 5.56 Å². The first-order chi connectivity index (χ1) is 12.3. The van der Waals surface area contributed by atoms with Gasteiger partial charge < -0.3 is 0 Å². The molecule has 0 bridgehead atoms. The van der Waals surface area contributed by atoms with E-state index in [4.69, 9.17) is 0 Å². The van der Waals surface area contributed by atoms with Gasteiger partial charge in [0.2, 0.25) is 10.0 Å². The van der Waals surface area contributed by atoms with Crippen molar-refractivity contribution in [3.05, 3.63) is 57.1 Å². The minimum absolute atomic E-state index is 0.183. The van der Waals surface area contributed by atoms with Crippen LogP contribution in [-0.2, 0) is 30.7 Å². The van der Waals surface area contributed by atoms with Crippen molar-refractivity contribution in [3.8, 4) is 0 Å². The Bertz CT molecular complexity index is 1010. The molecule has 3 heterocycles. The standard InChI is InChI=1S/C16H21N5O4S/c1-18-13(10-15(22)19(2)16(18)23)12-20-6-8-21(9-7-20)26(24,25)14-4-3-5-17-11-14/h3-5,10-11H,6-9,12H2,1-2H3. The first-order valence-electron chi connectivity index (χ1n) is 8.19. The molecule has 3 rings (SSSR count). The third-order valence-electron chi connectivity index (χ3n) is 4.61. The minimum Gasteiger partial charge on any atom is -0.299 e. The molecule has 1 fully saturated rings. The van der Waals surface area contributed by atoms with Crippen LogP contribution in [0.25, 0.3) is 0 Å². The highest BCUT2D eigenvalue weighted by molar-refractivity contribution is 7.89. The average Bonchev–Trinajstić information content (AvgIpc) is 2.65. The van der Waals surface area contributed by atoms with Crippen molar-refractivity contribution in [1.29, 1.82) is 0 Å². The highest BCUT2D eigenvalue weighted by Crippen LogP contribution is 2.17. The Morgan fingerprint density at radius 3 is 2.38 bits per heavy atom. The van der Waals surface area contributed by atoms with Crippen molar-refractivity contribution in [2.45, 2.75) is 11.4 Å². The predicted molar refractivity (Wildman–Crippen MR) is 95.2 cm³/mol. The maximum atomic E-state index is 12.6. The molecule has 0 saturated carbocycles. The number of nitrogens with zero attached hydrogens (tertiary/aromatic N) is 5. The Morgan fingerprint density at radius 2 is 1.77 bits per heavy atom. The number of pyridine rings is 1. The van der Waals surface area contributed by atoms with Gasteiger partial charge in [-0.05, 0) is 12.1 Å². The van der Waals surface area contributed by atoms with Gasteiger partial charge in [-0.3, -0.25) is 23.8 Å². The fourth-order valence-electron chi connectivity index (χ4n) is 2.94. The summed E-state index contributed by atoms with van der Waals surface area (Å²) in [5, 5.41) is 0. The van der Waals surface area contributed by atoms with E-state index in [9.17, 15) is 18.0 Å². The van der Waals surface area contributed by atoms with Crippen LogP contribution in [0.4, 0.5) is 0 Å². The van der Waals surface area contributed by atoms with Gasteiger partial charge in [0.05, 0.1) is 0 Å². The summed E-state index contributed by atoms with van der Waals surface area (Å²) in [6.45, 7) is 2.14. The zero-order valence-corrected chi connectivity index (χ0v) is 15.5. The molecule has 0 spiro atoms. The van der Waals surface area contributed by atoms with Crippen molar-refractivity contribution in [3.63, 3.8) is 0 Å². The first-order valence-corrected chi connectivity index (χ1v) is 9.63. The molecule has 2 aromatic heterocycles. The number of piperazine rings is 1. The van der Waals surface area contributed by atoms with E-state index in [1.165, 1.54) is 40.4 Å². The van der Waals surface area contributed by atoms with Crippen molar-refractivity contribution in [2.24, 2.45) is 14.1 Å². The normalized spacial score (nSPS) is 16.7. The summed E-state index contributed by atoms with van der Waals surface area (Å²) in [5.74, 6) is 0. The monoisotopic (exact) mass is 379 g/mol. The second kappa shape index (κ2) is 7.14. The summed E-state index contributed by atoms with van der Waals surface area (Å²) >= 11 is 0. The van der Waals surface area contributed by atoms with Crippen LogP contribution in [0.5, 0.6) is 0 Å². The Balaban J connectivity index is 1.70. The van der Waals surface area contributed by atoms with E-state index in [0.717, 1.165) is 4.57 Å². The van der Waals surface area contributed by atoms with Gasteiger partial charge in [0, 0.05) is 71.0 Å². The average molecular weight is 379 g/mol. The molecule has 10 heteroatoms. The molecule has 0 atom stereocenters. The molecule has 0 aromatic carbocycles. The number of rotatable bonds is 4. The molecule has 0 radical (unpaired) electrons. The van der Waals surface area contributed by atoms with Gasteiger partial charge in [-0.1, -0.05) is 0 Å². The molecule has 1 aliphatic rings. The van der Waals surface area contributed by atoms with Gasteiger partial charge >= 0.3 is 5.69 Å². The van der Waals surface area contributed by atoms with Gasteiger partial charge in [-0.2, -0.15) is 4.31 Å². The van der Waals surface area contributed by atoms with Crippen LogP contribution in [0, 0.1) is 0 Å². The van der Waals surface area contributed by atoms with E-state index in [1.54, 1.807) is 13.1 Å². The molecule has 1 aliphatic heterocycles. The molecule has 0 aliphatic carbocycles. The summed E-state index contributed by atoms with van der Waals surface area (Å²) < 4.78 is 29.2. The second-order valence-electron chi connectivity index (χ2n) is 6.24. The van der Waals surface area contributed by atoms with Gasteiger partial charge in [0.1, 0.15) is 4.90 Å². The van der Waals surface area contributed by atoms with E-state index >= 15 is 0 Å². The molecule has 0 amide bonds. The van der Waals surface area contributed by atoms with Gasteiger partial charge in [-0.25, -0.2) is 13.2 Å². The lowest BCUT2D eigenvalue weighted by molar-refractivity contribution is 0.177. The maximum Gasteiger partial charge on any atom is 0.330 e. The maximum absolute atomic E-state index is 12.6. The largest absolute Gasteiger partial charge is 0.330 e. The molecule has 1 saturated heterocycles. The SMILES string of the molecule is Cn1c(CN2CCN(S(=O)(=O)c3cccnc3)CC2)cc(=O)n(C)c1=O. The fraction of sp³-hybridized carbons (Fsp3) is 0.438. The van der Waals surface area contributed by atoms with E-state index in [-0.39, 0.29) is 16.1 Å². The third kappa shape index (κ3) is 3.48. The lowest BCUT2D eigenvalue weighted by Crippen LogP contribution is -2.49. The lowest BCUT2D eigenvalue weighted by Gasteiger charge is -2.34. The van der Waals surface area contributed by atoms with Crippen LogP contribution in [0.2, 0.25) is 0 Å². The van der Waals surface area contributed by atoms with Gasteiger partial charge in [0.15, 0.2) is 0 Å². The summed E-state index contributed by atoms with van der Waals surface area (Å²) in [6, 6.07) is 4.57. The van der Waals surface area contributed by atoms with E-state index in [2.05, 4.69) is 4.98 Å². The Hall–Kier alpha value is -2.30. The number of hydrogen-bond acceptors (Lipinski definition) is 6. The number of aromatic nitrogens is 3. The molecule has 26 heavy (non-hydrogen) atoms. The quantitative estimate of drug-likeness (QED) is 0.675. The Labute approximate surface area is 151 Å². The van der Waals surface area contributed by atoms with Crippen LogP contribution < -0.4 is 11.2 Å². The molecule has 140 valence electrons. The zero-order chi connectivity index (χ0) is 18.9. The fourth-order valence-corrected chi connectivity index (χ4v) is 4.32. The molecule has 0 N–H and O–H groups in total. The Morgan fingerprint density at radius 1 is 1.08 bits per heavy atom. The van der Waals surface area contributed by atoms with Crippen LogP contribution in [0.3, 0.4) is 0 Å². The second-order valence-corrected chi connectivity index (χ2v) is 8.18. The molecule has 9 nitrogen and oxygen atoms in total. The van der Waals surface area contributed by atoms with Crippen LogP contribution >= 0.6 is 0 Å². The smallest absolute Gasteiger partial charge is 0.299 e. The van der Waals surface area contributed by atoms with Crippen LogP contribution in [0.1, 0.15) is 5.69 Å². The molecule has 0 unspecified atom stereocenters. The summed E-state index contributed by atoms with van der Waals surface area (Å²) in [5.41, 5.74) is -0.104. The third-order valence-corrected chi connectivity index (χ3v) is 6.50. The topological polar surface area (TPSA) is 97.5 Å². The van der Waals surface area contributed by atoms with Crippen LogP contribution in [-0.4, -0.2) is 57.9 Å². The van der Waals surface area contributed by atoms with Crippen molar-refractivity contribution >= 4 is 10.0 Å². The Kier molecular flexibility index (Phi) is 5.08. The highest BCUT2D eigenvalue weighted by atomic mass is 32.2. The summed E-state index contributed by atoms with van der Waals surface area (Å²) in [7, 11) is -0.484. The molecular weight excluding hydrogens is 358 g/mol. The number of hydrogen-bond donors (Lipinski definition) is 0. The van der Waals surface area contributed by atoms with E-state index in [1.807, 2.05) is 4.90 Å². The van der Waals surface area contributed by atoms with Crippen molar-refractivity contribution in [2.75, 3.05) is 26.2 Å². The minimum atomic E-state index is -3.55. The lowest BCUT2D eigenvalue weighted by atomic mass is 10.3. The molecule has 2 aromatic rings. The van der Waals surface area contributed by atoms with E-state index < -0.39 is 10.0 Å². The van der Waals surface area contributed by atoms with E-state index in [0.29, 0.717) is 38.4 Å².